The molecule has 0 radical (unpaired) electrons. The Morgan fingerprint density at radius 3 is 2.08 bits per heavy atom. The lowest BCUT2D eigenvalue weighted by molar-refractivity contribution is 0.0290. The number of hydrogen-bond acceptors (Lipinski definition) is 5. The first-order valence-corrected chi connectivity index (χ1v) is 7.83. The lowest BCUT2D eigenvalue weighted by Gasteiger charge is -2.45. The summed E-state index contributed by atoms with van der Waals surface area (Å²) in [6.45, 7) is 7.75. The molecule has 5 nitrogen and oxygen atoms in total. The van der Waals surface area contributed by atoms with E-state index < -0.39 is 17.1 Å². The number of rotatable bonds is 1. The van der Waals surface area contributed by atoms with Crippen molar-refractivity contribution in [2.75, 3.05) is 0 Å². The summed E-state index contributed by atoms with van der Waals surface area (Å²) in [5.41, 5.74) is 0.802. The Bertz CT molecular complexity index is 825. The molecule has 0 aliphatic carbocycles. The summed E-state index contributed by atoms with van der Waals surface area (Å²) in [6.07, 6.45) is 0.551. The third kappa shape index (κ3) is 2.23. The average Bonchev–Trinajstić information content (AvgIpc) is 2.48. The normalized spacial score (nSPS) is 21.8. The van der Waals surface area contributed by atoms with Gasteiger partial charge in [0.05, 0.1) is 0 Å². The minimum Gasteiger partial charge on any atom is -0.508 e. The van der Waals surface area contributed by atoms with Gasteiger partial charge in [0.2, 0.25) is 5.75 Å². The fraction of sp³-hybridized carbons (Fsp3) is 0.368. The van der Waals surface area contributed by atoms with Gasteiger partial charge < -0.3 is 25.2 Å². The van der Waals surface area contributed by atoms with E-state index in [-0.39, 0.29) is 16.9 Å². The van der Waals surface area contributed by atoms with E-state index in [0.717, 1.165) is 5.56 Å². The number of aromatic hydroxyl groups is 4. The minimum absolute atomic E-state index is 0.145. The van der Waals surface area contributed by atoms with Crippen molar-refractivity contribution in [2.24, 2.45) is 0 Å². The highest BCUT2D eigenvalue weighted by molar-refractivity contribution is 5.58. The van der Waals surface area contributed by atoms with Crippen LogP contribution in [0.25, 0.3) is 0 Å². The van der Waals surface area contributed by atoms with Gasteiger partial charge in [0.25, 0.3) is 0 Å². The summed E-state index contributed by atoms with van der Waals surface area (Å²) >= 11 is 0. The quantitative estimate of drug-likeness (QED) is 0.597. The highest BCUT2D eigenvalue weighted by atomic mass is 16.5. The zero-order valence-electron chi connectivity index (χ0n) is 14.2. The van der Waals surface area contributed by atoms with E-state index >= 15 is 0 Å². The molecule has 24 heavy (non-hydrogen) atoms. The monoisotopic (exact) mass is 330 g/mol. The molecule has 1 atom stereocenters. The number of hydrogen-bond donors (Lipinski definition) is 4. The third-order valence-corrected chi connectivity index (χ3v) is 4.91. The lowest BCUT2D eigenvalue weighted by atomic mass is 9.70. The molecule has 0 fully saturated rings. The Kier molecular flexibility index (Phi) is 3.37. The minimum atomic E-state index is -0.926. The van der Waals surface area contributed by atoms with Crippen LogP contribution in [0.2, 0.25) is 0 Å². The molecule has 3 rings (SSSR count). The molecule has 0 saturated carbocycles. The molecule has 0 saturated heterocycles. The molecule has 0 spiro atoms. The third-order valence-electron chi connectivity index (χ3n) is 4.91. The predicted octanol–water partition coefficient (Wildman–Crippen LogP) is 3.79. The Hall–Kier alpha value is -2.56. The lowest BCUT2D eigenvalue weighted by Crippen LogP contribution is -2.42. The van der Waals surface area contributed by atoms with Crippen LogP contribution in [0, 0.1) is 6.92 Å². The van der Waals surface area contributed by atoms with Crippen LogP contribution in [0.4, 0.5) is 0 Å². The van der Waals surface area contributed by atoms with Crippen LogP contribution in [0.5, 0.6) is 28.7 Å². The fourth-order valence-corrected chi connectivity index (χ4v) is 3.69. The molecule has 1 aliphatic heterocycles. The van der Waals surface area contributed by atoms with Crippen molar-refractivity contribution in [1.82, 2.24) is 0 Å². The maximum atomic E-state index is 10.3. The number of phenolic OH excluding ortho intramolecular Hbond substituents is 4. The molecule has 128 valence electrons. The topological polar surface area (TPSA) is 90.2 Å². The predicted molar refractivity (Wildman–Crippen MR) is 89.9 cm³/mol. The van der Waals surface area contributed by atoms with Gasteiger partial charge in [-0.15, -0.1) is 0 Å². The summed E-state index contributed by atoms with van der Waals surface area (Å²) in [4.78, 5) is 0. The molecule has 0 amide bonds. The van der Waals surface area contributed by atoms with E-state index in [0.29, 0.717) is 23.3 Å². The van der Waals surface area contributed by atoms with Crippen molar-refractivity contribution in [3.05, 3.63) is 41.0 Å². The van der Waals surface area contributed by atoms with Gasteiger partial charge in [0, 0.05) is 23.1 Å². The van der Waals surface area contributed by atoms with Gasteiger partial charge in [0.15, 0.2) is 11.5 Å². The second-order valence-electron chi connectivity index (χ2n) is 7.31. The van der Waals surface area contributed by atoms with Crippen molar-refractivity contribution in [3.63, 3.8) is 0 Å². The largest absolute Gasteiger partial charge is 0.508 e. The van der Waals surface area contributed by atoms with Crippen molar-refractivity contribution in [3.8, 4) is 28.7 Å². The smallest absolute Gasteiger partial charge is 0.200 e. The first kappa shape index (κ1) is 16.3. The summed E-state index contributed by atoms with van der Waals surface area (Å²) in [5, 5.41) is 39.7. The Labute approximate surface area is 140 Å². The molecule has 0 bridgehead atoms. The van der Waals surface area contributed by atoms with Crippen molar-refractivity contribution in [1.29, 1.82) is 0 Å². The summed E-state index contributed by atoms with van der Waals surface area (Å²) < 4.78 is 6.22. The molecule has 0 aromatic heterocycles. The van der Waals surface area contributed by atoms with E-state index in [9.17, 15) is 20.4 Å². The average molecular weight is 330 g/mol. The maximum Gasteiger partial charge on any atom is 0.200 e. The van der Waals surface area contributed by atoms with Gasteiger partial charge in [-0.3, -0.25) is 0 Å². The summed E-state index contributed by atoms with van der Waals surface area (Å²) in [7, 11) is 0. The summed E-state index contributed by atoms with van der Waals surface area (Å²) in [6, 6.07) is 6.39. The zero-order valence-corrected chi connectivity index (χ0v) is 14.2. The number of ether oxygens (including phenoxy) is 1. The fourth-order valence-electron chi connectivity index (χ4n) is 3.69. The Morgan fingerprint density at radius 2 is 1.42 bits per heavy atom. The van der Waals surface area contributed by atoms with Crippen molar-refractivity contribution in [2.45, 2.75) is 45.1 Å². The van der Waals surface area contributed by atoms with Crippen LogP contribution >= 0.6 is 0 Å². The summed E-state index contributed by atoms with van der Waals surface area (Å²) in [5.74, 6) is -0.612. The van der Waals surface area contributed by atoms with Crippen LogP contribution in [-0.4, -0.2) is 20.4 Å². The van der Waals surface area contributed by atoms with Crippen molar-refractivity contribution >= 4 is 0 Å². The standard InChI is InChI=1S/C19H22O5/c1-10-13(20)7-6-12-17(10)24-19(4,9-18(12,2)3)11-5-8-14(21)16(23)15(11)22/h5-8,20-23H,9H2,1-4H3. The molecular formula is C19H22O5. The van der Waals surface area contributed by atoms with E-state index in [1.54, 1.807) is 19.1 Å². The molecule has 2 aromatic carbocycles. The van der Waals surface area contributed by atoms with Gasteiger partial charge in [-0.1, -0.05) is 19.9 Å². The number of benzene rings is 2. The first-order chi connectivity index (χ1) is 11.1. The van der Waals surface area contributed by atoms with Gasteiger partial charge in [0.1, 0.15) is 17.1 Å². The molecule has 1 heterocycles. The highest BCUT2D eigenvalue weighted by Gasteiger charge is 2.45. The van der Waals surface area contributed by atoms with Gasteiger partial charge >= 0.3 is 0 Å². The molecule has 1 aliphatic rings. The van der Waals surface area contributed by atoms with Gasteiger partial charge in [-0.2, -0.15) is 0 Å². The highest BCUT2D eigenvalue weighted by Crippen LogP contribution is 2.54. The van der Waals surface area contributed by atoms with Gasteiger partial charge in [-0.25, -0.2) is 0 Å². The van der Waals surface area contributed by atoms with E-state index in [1.807, 2.05) is 13.0 Å². The van der Waals surface area contributed by atoms with Crippen LogP contribution in [-0.2, 0) is 11.0 Å². The first-order valence-electron chi connectivity index (χ1n) is 7.83. The Balaban J connectivity index is 2.21. The second kappa shape index (κ2) is 4.97. The molecule has 4 N–H and O–H groups in total. The Morgan fingerprint density at radius 1 is 0.833 bits per heavy atom. The molecule has 2 aromatic rings. The van der Waals surface area contributed by atoms with Crippen LogP contribution in [0.15, 0.2) is 24.3 Å². The number of phenols is 4. The van der Waals surface area contributed by atoms with E-state index in [2.05, 4.69) is 13.8 Å². The van der Waals surface area contributed by atoms with E-state index in [4.69, 9.17) is 4.74 Å². The number of fused-ring (bicyclic) bond motifs is 1. The van der Waals surface area contributed by atoms with Crippen molar-refractivity contribution < 1.29 is 25.2 Å². The van der Waals surface area contributed by atoms with Crippen LogP contribution in [0.1, 0.15) is 43.9 Å². The van der Waals surface area contributed by atoms with Crippen LogP contribution in [0.3, 0.4) is 0 Å². The SMILES string of the molecule is Cc1c(O)ccc2c1OC(C)(c1ccc(O)c(O)c1O)CC2(C)C. The molecular weight excluding hydrogens is 308 g/mol. The van der Waals surface area contributed by atoms with E-state index in [1.165, 1.54) is 6.07 Å². The van der Waals surface area contributed by atoms with Gasteiger partial charge in [-0.05, 0) is 37.5 Å². The molecule has 1 unspecified atom stereocenters. The molecule has 5 heteroatoms. The second-order valence-corrected chi connectivity index (χ2v) is 7.31. The maximum absolute atomic E-state index is 10.3. The van der Waals surface area contributed by atoms with Crippen LogP contribution < -0.4 is 4.74 Å². The zero-order chi connectivity index (χ0) is 17.9.